The molecule has 1 aromatic rings. The van der Waals surface area contributed by atoms with Crippen LogP contribution >= 0.6 is 50.6 Å². The van der Waals surface area contributed by atoms with E-state index in [2.05, 4.69) is 20.7 Å². The zero-order valence-corrected chi connectivity index (χ0v) is 14.3. The molecule has 1 aliphatic rings. The van der Waals surface area contributed by atoms with Crippen LogP contribution in [0.5, 0.6) is 0 Å². The van der Waals surface area contributed by atoms with Crippen LogP contribution in [0.15, 0.2) is 14.1 Å². The van der Waals surface area contributed by atoms with E-state index >= 15 is 0 Å². The molecule has 1 aromatic heterocycles. The quantitative estimate of drug-likeness (QED) is 0.852. The van der Waals surface area contributed by atoms with Crippen molar-refractivity contribution in [2.45, 2.75) is 28.7 Å². The van der Waals surface area contributed by atoms with Crippen molar-refractivity contribution in [2.75, 3.05) is 12.3 Å². The highest BCUT2D eigenvalue weighted by Gasteiger charge is 2.21. The molecule has 1 atom stereocenters. The van der Waals surface area contributed by atoms with Gasteiger partial charge >= 0.3 is 0 Å². The van der Waals surface area contributed by atoms with Crippen LogP contribution in [0.4, 0.5) is 0 Å². The van der Waals surface area contributed by atoms with Crippen molar-refractivity contribution in [1.29, 1.82) is 0 Å². The third-order valence-corrected chi connectivity index (χ3v) is 8.43. The Morgan fingerprint density at radius 3 is 2.83 bits per heavy atom. The summed E-state index contributed by atoms with van der Waals surface area (Å²) in [5, 5.41) is 0.833. The van der Waals surface area contributed by atoms with Crippen molar-refractivity contribution in [1.82, 2.24) is 4.72 Å². The van der Waals surface area contributed by atoms with Crippen LogP contribution in [0.1, 0.15) is 19.3 Å². The van der Waals surface area contributed by atoms with Crippen LogP contribution in [-0.4, -0.2) is 26.0 Å². The Bertz CT molecular complexity index is 492. The van der Waals surface area contributed by atoms with Gasteiger partial charge in [-0.25, -0.2) is 13.1 Å². The average Bonchev–Trinajstić information content (AvgIpc) is 2.70. The molecule has 1 fully saturated rings. The van der Waals surface area contributed by atoms with Gasteiger partial charge in [0.15, 0.2) is 0 Å². The van der Waals surface area contributed by atoms with E-state index in [1.165, 1.54) is 18.9 Å². The molecule has 102 valence electrons. The molecule has 0 spiro atoms. The summed E-state index contributed by atoms with van der Waals surface area (Å²) in [5.41, 5.74) is 0. The Labute approximate surface area is 129 Å². The molecule has 0 bridgehead atoms. The van der Waals surface area contributed by atoms with E-state index in [1.807, 2.05) is 11.8 Å². The summed E-state index contributed by atoms with van der Waals surface area (Å²) in [7, 11) is -3.42. The minimum absolute atomic E-state index is 0.264. The zero-order chi connectivity index (χ0) is 13.2. The van der Waals surface area contributed by atoms with Gasteiger partial charge in [0.1, 0.15) is 4.21 Å². The molecule has 0 aromatic carbocycles. The zero-order valence-electron chi connectivity index (χ0n) is 9.49. The maximum Gasteiger partial charge on any atom is 0.250 e. The monoisotopic (exact) mass is 389 g/mol. The van der Waals surface area contributed by atoms with Crippen molar-refractivity contribution in [3.8, 4) is 0 Å². The van der Waals surface area contributed by atoms with Gasteiger partial charge in [-0.2, -0.15) is 11.8 Å². The molecule has 0 aliphatic carbocycles. The Hall–Kier alpha value is 0.730. The molecule has 3 nitrogen and oxygen atoms in total. The SMILES string of the molecule is O=S(=O)(NCC1CCCCS1)c1cc(Cl)c(Br)s1. The maximum absolute atomic E-state index is 12.1. The first-order chi connectivity index (χ1) is 8.49. The van der Waals surface area contributed by atoms with E-state index in [1.54, 1.807) is 0 Å². The fourth-order valence-electron chi connectivity index (χ4n) is 1.70. The molecule has 0 amide bonds. The van der Waals surface area contributed by atoms with E-state index in [-0.39, 0.29) is 4.21 Å². The highest BCUT2D eigenvalue weighted by atomic mass is 79.9. The molecule has 0 radical (unpaired) electrons. The average molecular weight is 391 g/mol. The second-order valence-electron chi connectivity index (χ2n) is 4.03. The van der Waals surface area contributed by atoms with Crippen LogP contribution in [0, 0.1) is 0 Å². The van der Waals surface area contributed by atoms with Gasteiger partial charge in [0.2, 0.25) is 10.0 Å². The molecule has 2 heterocycles. The Morgan fingerprint density at radius 1 is 1.50 bits per heavy atom. The Balaban J connectivity index is 1.98. The second kappa shape index (κ2) is 6.45. The predicted octanol–water partition coefficient (Wildman–Crippen LogP) is 3.73. The number of sulfonamides is 1. The first kappa shape index (κ1) is 15.1. The summed E-state index contributed by atoms with van der Waals surface area (Å²) in [6.07, 6.45) is 3.51. The van der Waals surface area contributed by atoms with Crippen LogP contribution in [0.25, 0.3) is 0 Å². The molecular formula is C10H13BrClNO2S3. The fourth-order valence-corrected chi connectivity index (χ4v) is 6.57. The first-order valence-corrected chi connectivity index (χ1v) is 10.1. The molecule has 1 aliphatic heterocycles. The van der Waals surface area contributed by atoms with Crippen LogP contribution < -0.4 is 4.72 Å². The van der Waals surface area contributed by atoms with Gasteiger partial charge in [0.05, 0.1) is 8.81 Å². The number of hydrogen-bond acceptors (Lipinski definition) is 4. The lowest BCUT2D eigenvalue weighted by molar-refractivity contribution is 0.576. The highest BCUT2D eigenvalue weighted by molar-refractivity contribution is 9.11. The van der Waals surface area contributed by atoms with Gasteiger partial charge in [-0.1, -0.05) is 18.0 Å². The van der Waals surface area contributed by atoms with Gasteiger partial charge in [0, 0.05) is 11.8 Å². The number of hydrogen-bond donors (Lipinski definition) is 1. The van der Waals surface area contributed by atoms with Gasteiger partial charge in [0.25, 0.3) is 0 Å². The van der Waals surface area contributed by atoms with Crippen molar-refractivity contribution >= 4 is 60.7 Å². The molecule has 8 heteroatoms. The number of halogens is 2. The summed E-state index contributed by atoms with van der Waals surface area (Å²) in [5.74, 6) is 1.13. The molecule has 0 saturated carbocycles. The molecule has 1 saturated heterocycles. The molecule has 1 unspecified atom stereocenters. The van der Waals surface area contributed by atoms with E-state index in [9.17, 15) is 8.42 Å². The van der Waals surface area contributed by atoms with Crippen molar-refractivity contribution < 1.29 is 8.42 Å². The lowest BCUT2D eigenvalue weighted by Gasteiger charge is -2.21. The largest absolute Gasteiger partial charge is 0.250 e. The van der Waals surface area contributed by atoms with Crippen molar-refractivity contribution in [3.63, 3.8) is 0 Å². The summed E-state index contributed by atoms with van der Waals surface area (Å²) < 4.78 is 27.7. The normalized spacial score (nSPS) is 21.1. The first-order valence-electron chi connectivity index (χ1n) is 5.55. The van der Waals surface area contributed by atoms with Gasteiger partial charge < -0.3 is 0 Å². The second-order valence-corrected chi connectivity index (χ2v) is 10.2. The lowest BCUT2D eigenvalue weighted by atomic mass is 10.2. The van der Waals surface area contributed by atoms with Gasteiger partial charge in [-0.15, -0.1) is 11.3 Å². The van der Waals surface area contributed by atoms with E-state index in [4.69, 9.17) is 11.6 Å². The minimum atomic E-state index is -3.42. The van der Waals surface area contributed by atoms with Crippen LogP contribution in [0.3, 0.4) is 0 Å². The highest BCUT2D eigenvalue weighted by Crippen LogP contribution is 2.34. The Kier molecular flexibility index (Phi) is 5.42. The molecule has 18 heavy (non-hydrogen) atoms. The molecule has 2 rings (SSSR count). The third kappa shape index (κ3) is 3.86. The number of thioether (sulfide) groups is 1. The van der Waals surface area contributed by atoms with Gasteiger partial charge in [-0.3, -0.25) is 0 Å². The van der Waals surface area contributed by atoms with E-state index in [0.717, 1.165) is 23.5 Å². The lowest BCUT2D eigenvalue weighted by Crippen LogP contribution is -2.31. The number of rotatable bonds is 4. The molecular weight excluding hydrogens is 378 g/mol. The van der Waals surface area contributed by atoms with E-state index in [0.29, 0.717) is 20.6 Å². The fraction of sp³-hybridized carbons (Fsp3) is 0.600. The number of thiophene rings is 1. The topological polar surface area (TPSA) is 46.2 Å². The van der Waals surface area contributed by atoms with Gasteiger partial charge in [-0.05, 0) is 40.6 Å². The third-order valence-electron chi connectivity index (χ3n) is 2.66. The number of nitrogens with one attached hydrogen (secondary N) is 1. The minimum Gasteiger partial charge on any atom is -0.209 e. The smallest absolute Gasteiger partial charge is 0.209 e. The Morgan fingerprint density at radius 2 is 2.28 bits per heavy atom. The molecule has 1 N–H and O–H groups in total. The maximum atomic E-state index is 12.1. The summed E-state index contributed by atoms with van der Waals surface area (Å²) in [4.78, 5) is 0. The van der Waals surface area contributed by atoms with Crippen molar-refractivity contribution in [2.24, 2.45) is 0 Å². The summed E-state index contributed by atoms with van der Waals surface area (Å²) in [6.45, 7) is 0.500. The van der Waals surface area contributed by atoms with Crippen molar-refractivity contribution in [3.05, 3.63) is 14.9 Å². The predicted molar refractivity (Wildman–Crippen MR) is 82.3 cm³/mol. The van der Waals surface area contributed by atoms with Crippen LogP contribution in [-0.2, 0) is 10.0 Å². The van der Waals surface area contributed by atoms with E-state index < -0.39 is 10.0 Å². The van der Waals surface area contributed by atoms with Crippen LogP contribution in [0.2, 0.25) is 5.02 Å². The summed E-state index contributed by atoms with van der Waals surface area (Å²) >= 11 is 12.1. The summed E-state index contributed by atoms with van der Waals surface area (Å²) in [6, 6.07) is 1.48. The standard InChI is InChI=1S/C10H13BrClNO2S3/c11-10-8(12)5-9(17-10)18(14,15)13-6-7-3-1-2-4-16-7/h5,7,13H,1-4,6H2.